The quantitative estimate of drug-likeness (QED) is 0.842. The molecular formula is C15H21N3O2. The molecule has 0 bridgehead atoms. The average Bonchev–Trinajstić information content (AvgIpc) is 2.42. The van der Waals surface area contributed by atoms with Crippen LogP contribution in [0.1, 0.15) is 11.1 Å². The van der Waals surface area contributed by atoms with Gasteiger partial charge < -0.3 is 15.4 Å². The van der Waals surface area contributed by atoms with E-state index in [4.69, 9.17) is 4.74 Å². The molecule has 2 heterocycles. The summed E-state index contributed by atoms with van der Waals surface area (Å²) in [5.74, 6) is 0.755. The van der Waals surface area contributed by atoms with Gasteiger partial charge in [-0.25, -0.2) is 0 Å². The maximum Gasteiger partial charge on any atom is 0.266 e. The number of nitrogens with zero attached hydrogens (tertiary/aromatic N) is 1. The molecule has 0 saturated carbocycles. The number of rotatable bonds is 2. The molecule has 1 aromatic rings. The molecule has 1 saturated heterocycles. The lowest BCUT2D eigenvalue weighted by atomic mass is 10.1. The van der Waals surface area contributed by atoms with Gasteiger partial charge in [-0.1, -0.05) is 6.07 Å². The molecule has 0 aliphatic carbocycles. The van der Waals surface area contributed by atoms with Crippen molar-refractivity contribution in [3.63, 3.8) is 0 Å². The maximum absolute atomic E-state index is 12.2. The predicted molar refractivity (Wildman–Crippen MR) is 78.3 cm³/mol. The second kappa shape index (κ2) is 5.42. The monoisotopic (exact) mass is 275 g/mol. The molecule has 1 unspecified atom stereocenters. The van der Waals surface area contributed by atoms with Gasteiger partial charge in [0.2, 0.25) is 0 Å². The minimum atomic E-state index is -0.415. The summed E-state index contributed by atoms with van der Waals surface area (Å²) in [6, 6.07) is 4.05. The number of aryl methyl sites for hydroxylation is 2. The predicted octanol–water partition coefficient (Wildman–Crippen LogP) is 0.908. The Labute approximate surface area is 119 Å². The summed E-state index contributed by atoms with van der Waals surface area (Å²) >= 11 is 0. The highest BCUT2D eigenvalue weighted by Crippen LogP contribution is 2.34. The van der Waals surface area contributed by atoms with Gasteiger partial charge in [0.15, 0.2) is 6.10 Å². The van der Waals surface area contributed by atoms with E-state index in [1.165, 1.54) is 0 Å². The number of hydrogen-bond donors (Lipinski definition) is 2. The lowest BCUT2D eigenvalue weighted by Gasteiger charge is -2.33. The second-order valence-electron chi connectivity index (χ2n) is 5.60. The van der Waals surface area contributed by atoms with E-state index in [9.17, 15) is 4.79 Å². The Morgan fingerprint density at radius 3 is 2.80 bits per heavy atom. The summed E-state index contributed by atoms with van der Waals surface area (Å²) in [5.41, 5.74) is 3.02. The van der Waals surface area contributed by atoms with E-state index in [0.29, 0.717) is 6.54 Å². The van der Waals surface area contributed by atoms with Crippen molar-refractivity contribution < 1.29 is 9.53 Å². The van der Waals surface area contributed by atoms with Crippen molar-refractivity contribution in [3.8, 4) is 5.75 Å². The third kappa shape index (κ3) is 2.64. The topological polar surface area (TPSA) is 53.6 Å². The van der Waals surface area contributed by atoms with Crippen LogP contribution in [0.15, 0.2) is 12.1 Å². The van der Waals surface area contributed by atoms with Crippen LogP contribution in [0.4, 0.5) is 5.69 Å². The first-order valence-corrected chi connectivity index (χ1v) is 7.15. The van der Waals surface area contributed by atoms with Gasteiger partial charge >= 0.3 is 0 Å². The highest BCUT2D eigenvalue weighted by atomic mass is 16.5. The molecular weight excluding hydrogens is 254 g/mol. The lowest BCUT2D eigenvalue weighted by molar-refractivity contribution is -0.124. The van der Waals surface area contributed by atoms with Gasteiger partial charge in [-0.05, 0) is 31.0 Å². The molecule has 108 valence electrons. The number of fused-ring (bicyclic) bond motifs is 1. The van der Waals surface area contributed by atoms with E-state index in [-0.39, 0.29) is 5.91 Å². The van der Waals surface area contributed by atoms with E-state index in [2.05, 4.69) is 21.6 Å². The van der Waals surface area contributed by atoms with Crippen LogP contribution in [0, 0.1) is 13.8 Å². The summed E-state index contributed by atoms with van der Waals surface area (Å²) in [5, 5.41) is 6.30. The van der Waals surface area contributed by atoms with Gasteiger partial charge in [-0.2, -0.15) is 0 Å². The Balaban J connectivity index is 1.76. The number of carbonyl (C=O) groups excluding carboxylic acids is 1. The first-order chi connectivity index (χ1) is 9.63. The Morgan fingerprint density at radius 1 is 1.30 bits per heavy atom. The van der Waals surface area contributed by atoms with Crippen molar-refractivity contribution in [3.05, 3.63) is 23.3 Å². The summed E-state index contributed by atoms with van der Waals surface area (Å²) < 4.78 is 5.93. The third-order valence-corrected chi connectivity index (χ3v) is 3.89. The first-order valence-electron chi connectivity index (χ1n) is 7.15. The van der Waals surface area contributed by atoms with Crippen molar-refractivity contribution in [1.82, 2.24) is 10.2 Å². The largest absolute Gasteiger partial charge is 0.477 e. The van der Waals surface area contributed by atoms with Crippen molar-refractivity contribution in [2.45, 2.75) is 20.0 Å². The Bertz CT molecular complexity index is 524. The molecule has 5 nitrogen and oxygen atoms in total. The maximum atomic E-state index is 12.2. The summed E-state index contributed by atoms with van der Waals surface area (Å²) in [7, 11) is 0. The zero-order chi connectivity index (χ0) is 14.1. The number of piperazine rings is 1. The van der Waals surface area contributed by atoms with Gasteiger partial charge in [0.25, 0.3) is 5.91 Å². The van der Waals surface area contributed by atoms with Crippen LogP contribution < -0.4 is 15.4 Å². The minimum absolute atomic E-state index is 0.0389. The summed E-state index contributed by atoms with van der Waals surface area (Å²) in [6.07, 6.45) is -0.415. The molecule has 20 heavy (non-hydrogen) atoms. The number of nitrogens with one attached hydrogen (secondary N) is 2. The van der Waals surface area contributed by atoms with Crippen LogP contribution in [0.2, 0.25) is 0 Å². The Morgan fingerprint density at radius 2 is 2.05 bits per heavy atom. The van der Waals surface area contributed by atoms with Gasteiger partial charge in [0.1, 0.15) is 5.75 Å². The fourth-order valence-corrected chi connectivity index (χ4v) is 2.84. The van der Waals surface area contributed by atoms with Crippen LogP contribution in [0.5, 0.6) is 5.75 Å². The minimum Gasteiger partial charge on any atom is -0.477 e. The molecule has 0 radical (unpaired) electrons. The molecule has 1 amide bonds. The van der Waals surface area contributed by atoms with Crippen LogP contribution in [-0.4, -0.2) is 49.6 Å². The molecule has 2 aliphatic heterocycles. The number of amides is 1. The van der Waals surface area contributed by atoms with Crippen LogP contribution in [0.25, 0.3) is 0 Å². The van der Waals surface area contributed by atoms with Crippen molar-refractivity contribution in [2.75, 3.05) is 38.0 Å². The van der Waals surface area contributed by atoms with E-state index < -0.39 is 6.10 Å². The highest BCUT2D eigenvalue weighted by Gasteiger charge is 2.30. The molecule has 2 aliphatic rings. The highest BCUT2D eigenvalue weighted by molar-refractivity contribution is 5.98. The summed E-state index contributed by atoms with van der Waals surface area (Å²) in [4.78, 5) is 14.5. The molecule has 0 aromatic heterocycles. The van der Waals surface area contributed by atoms with Crippen molar-refractivity contribution >= 4 is 11.6 Å². The van der Waals surface area contributed by atoms with Crippen LogP contribution in [0.3, 0.4) is 0 Å². The van der Waals surface area contributed by atoms with E-state index >= 15 is 0 Å². The molecule has 0 spiro atoms. The fourth-order valence-electron chi connectivity index (χ4n) is 2.84. The Hall–Kier alpha value is -1.59. The first kappa shape index (κ1) is 13.4. The lowest BCUT2D eigenvalue weighted by Crippen LogP contribution is -2.51. The third-order valence-electron chi connectivity index (χ3n) is 3.89. The average molecular weight is 275 g/mol. The smallest absolute Gasteiger partial charge is 0.266 e. The van der Waals surface area contributed by atoms with Crippen molar-refractivity contribution in [1.29, 1.82) is 0 Å². The fraction of sp³-hybridized carbons (Fsp3) is 0.533. The number of hydrogen-bond acceptors (Lipinski definition) is 4. The zero-order valence-corrected chi connectivity index (χ0v) is 12.0. The van der Waals surface area contributed by atoms with Crippen LogP contribution >= 0.6 is 0 Å². The molecule has 1 aromatic carbocycles. The number of carbonyl (C=O) groups is 1. The van der Waals surface area contributed by atoms with Gasteiger partial charge in [-0.3, -0.25) is 9.69 Å². The Kier molecular flexibility index (Phi) is 3.63. The SMILES string of the molecule is Cc1cc(C)c2c(c1)OC(CN1CCNCC1)C(=O)N2. The van der Waals surface area contributed by atoms with Gasteiger partial charge in [-0.15, -0.1) is 0 Å². The number of ether oxygens (including phenoxy) is 1. The normalized spacial score (nSPS) is 22.9. The number of anilines is 1. The standard InChI is InChI=1S/C15H21N3O2/c1-10-7-11(2)14-12(8-10)20-13(15(19)17-14)9-18-5-3-16-4-6-18/h7-8,13,16H,3-6,9H2,1-2H3,(H,17,19). The van der Waals surface area contributed by atoms with Crippen molar-refractivity contribution in [2.24, 2.45) is 0 Å². The van der Waals surface area contributed by atoms with Gasteiger partial charge in [0.05, 0.1) is 5.69 Å². The zero-order valence-electron chi connectivity index (χ0n) is 12.0. The number of benzene rings is 1. The van der Waals surface area contributed by atoms with E-state index in [1.54, 1.807) is 0 Å². The van der Waals surface area contributed by atoms with E-state index in [0.717, 1.165) is 48.7 Å². The molecule has 3 rings (SSSR count). The molecule has 5 heteroatoms. The van der Waals surface area contributed by atoms with Gasteiger partial charge in [0, 0.05) is 32.7 Å². The summed E-state index contributed by atoms with van der Waals surface area (Å²) in [6.45, 7) is 8.57. The second-order valence-corrected chi connectivity index (χ2v) is 5.60. The molecule has 1 fully saturated rings. The molecule has 1 atom stereocenters. The van der Waals surface area contributed by atoms with Crippen LogP contribution in [-0.2, 0) is 4.79 Å². The molecule has 2 N–H and O–H groups in total. The van der Waals surface area contributed by atoms with E-state index in [1.807, 2.05) is 19.9 Å².